The molecular formula is C17H24N6O. The molecule has 1 saturated carbocycles. The summed E-state index contributed by atoms with van der Waals surface area (Å²) in [6.45, 7) is 3.83. The molecule has 3 heterocycles. The van der Waals surface area contributed by atoms with Crippen LogP contribution in [0.4, 0.5) is 5.69 Å². The number of nitrogens with one attached hydrogen (secondary N) is 1. The van der Waals surface area contributed by atoms with Crippen molar-refractivity contribution in [2.24, 2.45) is 5.41 Å². The molecule has 0 bridgehead atoms. The lowest BCUT2D eigenvalue weighted by atomic mass is 9.75. The summed E-state index contributed by atoms with van der Waals surface area (Å²) < 4.78 is 1.80. The van der Waals surface area contributed by atoms with Crippen LogP contribution in [0.25, 0.3) is 5.65 Å². The van der Waals surface area contributed by atoms with Crippen molar-refractivity contribution < 1.29 is 4.79 Å². The van der Waals surface area contributed by atoms with Crippen molar-refractivity contribution in [1.82, 2.24) is 25.1 Å². The second-order valence-electron chi connectivity index (χ2n) is 7.03. The molecule has 128 valence electrons. The zero-order valence-corrected chi connectivity index (χ0v) is 14.3. The maximum absolute atomic E-state index is 12.3. The third-order valence-electron chi connectivity index (χ3n) is 5.71. The first-order valence-corrected chi connectivity index (χ1v) is 8.85. The minimum absolute atomic E-state index is 0.172. The van der Waals surface area contributed by atoms with Crippen LogP contribution >= 0.6 is 0 Å². The normalized spacial score (nSPS) is 20.3. The summed E-state index contributed by atoms with van der Waals surface area (Å²) in [5, 5.41) is 15.8. The maximum Gasteiger partial charge on any atom is 0.226 e. The Labute approximate surface area is 141 Å². The lowest BCUT2D eigenvalue weighted by Gasteiger charge is -2.40. The van der Waals surface area contributed by atoms with Crippen LogP contribution in [0.1, 0.15) is 50.6 Å². The minimum atomic E-state index is -0.235. The van der Waals surface area contributed by atoms with Gasteiger partial charge in [-0.05, 0) is 38.2 Å². The highest BCUT2D eigenvalue weighted by Crippen LogP contribution is 2.42. The zero-order valence-electron chi connectivity index (χ0n) is 14.3. The Morgan fingerprint density at radius 3 is 2.75 bits per heavy atom. The Kier molecular flexibility index (Phi) is 3.66. The Bertz CT molecular complexity index is 758. The van der Waals surface area contributed by atoms with Crippen LogP contribution in [-0.2, 0) is 4.79 Å². The second-order valence-corrected chi connectivity index (χ2v) is 7.03. The number of anilines is 1. The fraction of sp³-hybridized carbons (Fsp3) is 0.647. The van der Waals surface area contributed by atoms with E-state index in [1.54, 1.807) is 17.9 Å². The number of piperidine rings is 1. The molecule has 2 aliphatic rings. The molecule has 7 heteroatoms. The number of amides is 1. The predicted octanol–water partition coefficient (Wildman–Crippen LogP) is 1.74. The van der Waals surface area contributed by atoms with Gasteiger partial charge in [-0.3, -0.25) is 4.79 Å². The first-order chi connectivity index (χ1) is 11.7. The number of carbonyl (C=O) groups is 1. The topological polar surface area (TPSA) is 75.4 Å². The van der Waals surface area contributed by atoms with E-state index in [9.17, 15) is 4.79 Å². The van der Waals surface area contributed by atoms with E-state index >= 15 is 0 Å². The number of rotatable bonds is 4. The molecule has 1 N–H and O–H groups in total. The van der Waals surface area contributed by atoms with E-state index in [0.717, 1.165) is 49.4 Å². The van der Waals surface area contributed by atoms with E-state index in [1.807, 2.05) is 0 Å². The first kappa shape index (κ1) is 15.4. The molecule has 2 aromatic heterocycles. The van der Waals surface area contributed by atoms with Gasteiger partial charge < -0.3 is 10.2 Å². The van der Waals surface area contributed by atoms with E-state index in [0.29, 0.717) is 5.92 Å². The fourth-order valence-corrected chi connectivity index (χ4v) is 3.82. The monoisotopic (exact) mass is 328 g/mol. The predicted molar refractivity (Wildman–Crippen MR) is 91.0 cm³/mol. The molecule has 0 radical (unpaired) electrons. The Hall–Kier alpha value is -2.18. The number of carbonyl (C=O) groups excluding carboxylic acids is 1. The van der Waals surface area contributed by atoms with Gasteiger partial charge in [0.25, 0.3) is 0 Å². The van der Waals surface area contributed by atoms with Gasteiger partial charge in [-0.1, -0.05) is 6.92 Å². The molecule has 0 spiro atoms. The van der Waals surface area contributed by atoms with Crippen molar-refractivity contribution in [1.29, 1.82) is 0 Å². The van der Waals surface area contributed by atoms with Gasteiger partial charge in [-0.25, -0.2) is 0 Å². The molecule has 2 aromatic rings. The van der Waals surface area contributed by atoms with E-state index < -0.39 is 0 Å². The van der Waals surface area contributed by atoms with Gasteiger partial charge in [0.15, 0.2) is 0 Å². The standard InChI is InChI=1S/C17H24N6O/c1-3-17(16(24)18-2)6-8-22(9-7-17)14-10-13(12-4-5-12)21-23-11-19-20-15(14)23/h10-12H,3-9H2,1-2H3,(H,18,24). The fourth-order valence-electron chi connectivity index (χ4n) is 3.82. The summed E-state index contributed by atoms with van der Waals surface area (Å²) in [5.74, 6) is 0.756. The Morgan fingerprint density at radius 1 is 1.38 bits per heavy atom. The molecule has 0 atom stereocenters. The Morgan fingerprint density at radius 2 is 2.12 bits per heavy atom. The van der Waals surface area contributed by atoms with Gasteiger partial charge in [0, 0.05) is 26.1 Å². The SMILES string of the molecule is CCC1(C(=O)NC)CCN(c2cc(C3CC3)nn3cnnc23)CC1. The zero-order chi connectivity index (χ0) is 16.7. The minimum Gasteiger partial charge on any atom is -0.368 e. The maximum atomic E-state index is 12.3. The van der Waals surface area contributed by atoms with Crippen LogP contribution in [0.3, 0.4) is 0 Å². The molecule has 0 aromatic carbocycles. The summed E-state index contributed by atoms with van der Waals surface area (Å²) in [4.78, 5) is 14.7. The van der Waals surface area contributed by atoms with Crippen molar-refractivity contribution in [3.8, 4) is 0 Å². The van der Waals surface area contributed by atoms with Crippen molar-refractivity contribution >= 4 is 17.2 Å². The average molecular weight is 328 g/mol. The first-order valence-electron chi connectivity index (χ1n) is 8.85. The van der Waals surface area contributed by atoms with Crippen molar-refractivity contribution in [3.05, 3.63) is 18.1 Å². The summed E-state index contributed by atoms with van der Waals surface area (Å²) in [6.07, 6.45) is 6.72. The lowest BCUT2D eigenvalue weighted by molar-refractivity contribution is -0.132. The van der Waals surface area contributed by atoms with Gasteiger partial charge in [0.1, 0.15) is 6.33 Å². The lowest BCUT2D eigenvalue weighted by Crippen LogP contribution is -2.48. The highest BCUT2D eigenvalue weighted by molar-refractivity contribution is 5.83. The number of hydrogen-bond donors (Lipinski definition) is 1. The van der Waals surface area contributed by atoms with E-state index in [2.05, 4.69) is 38.5 Å². The highest BCUT2D eigenvalue weighted by Gasteiger charge is 2.40. The highest BCUT2D eigenvalue weighted by atomic mass is 16.2. The molecule has 1 aliphatic heterocycles. The number of fused-ring (bicyclic) bond motifs is 1. The largest absolute Gasteiger partial charge is 0.368 e. The van der Waals surface area contributed by atoms with Crippen LogP contribution in [-0.4, -0.2) is 45.9 Å². The van der Waals surface area contributed by atoms with Crippen LogP contribution in [0.2, 0.25) is 0 Å². The third-order valence-corrected chi connectivity index (χ3v) is 5.71. The Balaban J connectivity index is 1.62. The summed E-state index contributed by atoms with van der Waals surface area (Å²) in [6, 6.07) is 2.18. The molecule has 7 nitrogen and oxygen atoms in total. The number of aromatic nitrogens is 4. The summed E-state index contributed by atoms with van der Waals surface area (Å²) in [5.41, 5.74) is 2.81. The van der Waals surface area contributed by atoms with E-state index in [4.69, 9.17) is 0 Å². The third kappa shape index (κ3) is 2.42. The van der Waals surface area contributed by atoms with E-state index in [-0.39, 0.29) is 11.3 Å². The molecule has 4 rings (SSSR count). The molecule has 24 heavy (non-hydrogen) atoms. The number of nitrogens with zero attached hydrogens (tertiary/aromatic N) is 5. The van der Waals surface area contributed by atoms with Crippen molar-refractivity contribution in [2.75, 3.05) is 25.0 Å². The smallest absolute Gasteiger partial charge is 0.226 e. The number of hydrogen-bond acceptors (Lipinski definition) is 5. The summed E-state index contributed by atoms with van der Waals surface area (Å²) in [7, 11) is 1.73. The van der Waals surface area contributed by atoms with E-state index in [1.165, 1.54) is 12.8 Å². The van der Waals surface area contributed by atoms with Gasteiger partial charge in [0.05, 0.1) is 16.8 Å². The molecule has 1 amide bonds. The average Bonchev–Trinajstić information content (AvgIpc) is 3.38. The summed E-state index contributed by atoms with van der Waals surface area (Å²) >= 11 is 0. The molecule has 1 saturated heterocycles. The molecule has 2 fully saturated rings. The van der Waals surface area contributed by atoms with Gasteiger partial charge in [-0.2, -0.15) is 9.61 Å². The van der Waals surface area contributed by atoms with Gasteiger partial charge in [0.2, 0.25) is 11.6 Å². The van der Waals surface area contributed by atoms with Gasteiger partial charge in [-0.15, -0.1) is 10.2 Å². The second kappa shape index (κ2) is 5.72. The van der Waals surface area contributed by atoms with Crippen molar-refractivity contribution in [3.63, 3.8) is 0 Å². The van der Waals surface area contributed by atoms with Crippen LogP contribution < -0.4 is 10.2 Å². The van der Waals surface area contributed by atoms with Crippen molar-refractivity contribution in [2.45, 2.75) is 44.9 Å². The van der Waals surface area contributed by atoms with Crippen LogP contribution in [0, 0.1) is 5.41 Å². The van der Waals surface area contributed by atoms with Crippen LogP contribution in [0.15, 0.2) is 12.4 Å². The quantitative estimate of drug-likeness (QED) is 0.925. The molecule has 0 unspecified atom stereocenters. The van der Waals surface area contributed by atoms with Crippen LogP contribution in [0.5, 0.6) is 0 Å². The molecule has 1 aliphatic carbocycles. The van der Waals surface area contributed by atoms with Gasteiger partial charge >= 0.3 is 0 Å². The molecular weight excluding hydrogens is 304 g/mol.